The largest absolute Gasteiger partial charge is 0.423 e. The second kappa shape index (κ2) is 11.3. The topological polar surface area (TPSA) is 140 Å². The number of rotatable bonds is 8. The Balaban J connectivity index is 1.45. The number of nitro groups is 1. The summed E-state index contributed by atoms with van der Waals surface area (Å²) in [6.45, 7) is -0.268. The van der Waals surface area contributed by atoms with Gasteiger partial charge in [0, 0.05) is 22.7 Å². The molecule has 0 saturated carbocycles. The van der Waals surface area contributed by atoms with E-state index >= 15 is 0 Å². The van der Waals surface area contributed by atoms with Gasteiger partial charge in [0.25, 0.3) is 17.5 Å². The first-order chi connectivity index (χ1) is 16.3. The van der Waals surface area contributed by atoms with E-state index in [2.05, 4.69) is 15.8 Å². The average Bonchev–Trinajstić information content (AvgIpc) is 2.84. The van der Waals surface area contributed by atoms with Gasteiger partial charge in [-0.2, -0.15) is 5.10 Å². The molecule has 0 aliphatic heterocycles. The van der Waals surface area contributed by atoms with Gasteiger partial charge in [-0.15, -0.1) is 0 Å². The van der Waals surface area contributed by atoms with Crippen molar-refractivity contribution in [3.63, 3.8) is 0 Å². The summed E-state index contributed by atoms with van der Waals surface area (Å²) in [5.41, 5.74) is 3.31. The zero-order chi connectivity index (χ0) is 24.5. The second-order valence-corrected chi connectivity index (χ2v) is 7.18. The smallest absolute Gasteiger partial charge is 0.343 e. The van der Waals surface area contributed by atoms with E-state index in [1.807, 2.05) is 0 Å². The normalized spacial score (nSPS) is 10.5. The van der Waals surface area contributed by atoms with Gasteiger partial charge in [0.1, 0.15) is 5.75 Å². The van der Waals surface area contributed by atoms with Crippen molar-refractivity contribution in [3.8, 4) is 5.75 Å². The first-order valence-electron chi connectivity index (χ1n) is 9.74. The highest BCUT2D eigenvalue weighted by Crippen LogP contribution is 2.16. The zero-order valence-corrected chi connectivity index (χ0v) is 18.2. The Bertz CT molecular complexity index is 1230. The van der Waals surface area contributed by atoms with Crippen molar-refractivity contribution in [1.82, 2.24) is 10.7 Å². The fraction of sp³-hybridized carbons (Fsp3) is 0.0435. The minimum Gasteiger partial charge on any atom is -0.423 e. The van der Waals surface area contributed by atoms with Crippen LogP contribution in [-0.2, 0) is 4.79 Å². The van der Waals surface area contributed by atoms with Crippen LogP contribution in [0.4, 0.5) is 5.69 Å². The number of amides is 2. The predicted octanol–water partition coefficient (Wildman–Crippen LogP) is 3.35. The fourth-order valence-corrected chi connectivity index (χ4v) is 2.72. The summed E-state index contributed by atoms with van der Waals surface area (Å²) in [6, 6.07) is 17.5. The number of halogens is 1. The van der Waals surface area contributed by atoms with Crippen LogP contribution in [0.5, 0.6) is 5.75 Å². The van der Waals surface area contributed by atoms with Crippen LogP contribution < -0.4 is 15.5 Å². The average molecular weight is 481 g/mol. The Hall–Kier alpha value is -4.57. The predicted molar refractivity (Wildman–Crippen MR) is 124 cm³/mol. The molecule has 0 radical (unpaired) electrons. The van der Waals surface area contributed by atoms with Gasteiger partial charge >= 0.3 is 5.97 Å². The highest BCUT2D eigenvalue weighted by molar-refractivity contribution is 6.30. The molecule has 0 aliphatic carbocycles. The number of carbonyl (C=O) groups is 3. The van der Waals surface area contributed by atoms with E-state index in [4.69, 9.17) is 16.3 Å². The van der Waals surface area contributed by atoms with Crippen LogP contribution in [-0.4, -0.2) is 35.5 Å². The Kier molecular flexibility index (Phi) is 8.03. The van der Waals surface area contributed by atoms with Crippen molar-refractivity contribution in [2.24, 2.45) is 5.10 Å². The van der Waals surface area contributed by atoms with Crippen LogP contribution in [0.15, 0.2) is 77.9 Å². The van der Waals surface area contributed by atoms with Crippen LogP contribution in [0.1, 0.15) is 26.3 Å². The number of hydrogen-bond acceptors (Lipinski definition) is 7. The van der Waals surface area contributed by atoms with Crippen LogP contribution in [0.25, 0.3) is 0 Å². The van der Waals surface area contributed by atoms with Crippen LogP contribution >= 0.6 is 11.6 Å². The van der Waals surface area contributed by atoms with Gasteiger partial charge in [0.05, 0.1) is 23.2 Å². The van der Waals surface area contributed by atoms with Gasteiger partial charge in [-0.25, -0.2) is 10.2 Å². The molecule has 3 aromatic rings. The summed E-state index contributed by atoms with van der Waals surface area (Å²) < 4.78 is 5.23. The summed E-state index contributed by atoms with van der Waals surface area (Å²) in [5, 5.41) is 17.4. The maximum absolute atomic E-state index is 12.1. The fourth-order valence-electron chi connectivity index (χ4n) is 2.59. The Morgan fingerprint density at radius 1 is 0.941 bits per heavy atom. The number of esters is 1. The third-order valence-corrected chi connectivity index (χ3v) is 4.58. The molecule has 0 atom stereocenters. The first kappa shape index (κ1) is 24.1. The Morgan fingerprint density at radius 3 is 2.18 bits per heavy atom. The lowest BCUT2D eigenvalue weighted by Crippen LogP contribution is -2.34. The van der Waals surface area contributed by atoms with Gasteiger partial charge in [-0.05, 0) is 66.2 Å². The SMILES string of the molecule is O=C(CNC(=O)c1ccc(Cl)cc1)N/N=C/c1ccc(OC(=O)c2ccc([N+](=O)[O-])cc2)cc1. The number of carbonyl (C=O) groups excluding carboxylic acids is 3. The van der Waals surface area contributed by atoms with Crippen molar-refractivity contribution in [1.29, 1.82) is 0 Å². The first-order valence-corrected chi connectivity index (χ1v) is 10.1. The molecule has 11 heteroatoms. The molecule has 0 unspecified atom stereocenters. The summed E-state index contributed by atoms with van der Waals surface area (Å²) in [6.07, 6.45) is 1.38. The molecular weight excluding hydrogens is 464 g/mol. The maximum Gasteiger partial charge on any atom is 0.343 e. The molecule has 0 bridgehead atoms. The molecule has 34 heavy (non-hydrogen) atoms. The summed E-state index contributed by atoms with van der Waals surface area (Å²) >= 11 is 5.77. The molecule has 0 saturated heterocycles. The molecule has 0 spiro atoms. The van der Waals surface area contributed by atoms with Gasteiger partial charge < -0.3 is 10.1 Å². The van der Waals surface area contributed by atoms with E-state index < -0.39 is 22.7 Å². The molecule has 0 heterocycles. The molecule has 10 nitrogen and oxygen atoms in total. The molecule has 0 aliphatic rings. The third kappa shape index (κ3) is 6.97. The van der Waals surface area contributed by atoms with Gasteiger partial charge in [-0.3, -0.25) is 19.7 Å². The van der Waals surface area contributed by atoms with Crippen molar-refractivity contribution in [3.05, 3.63) is 105 Å². The number of hydrogen-bond donors (Lipinski definition) is 2. The molecular formula is C23H17ClN4O6. The number of ether oxygens (including phenoxy) is 1. The number of non-ortho nitro benzene ring substituents is 1. The molecule has 2 N–H and O–H groups in total. The minimum atomic E-state index is -0.663. The summed E-state index contributed by atoms with van der Waals surface area (Å²) in [7, 11) is 0. The number of nitrogens with one attached hydrogen (secondary N) is 2. The number of benzene rings is 3. The van der Waals surface area contributed by atoms with Gasteiger partial charge in [-0.1, -0.05) is 11.6 Å². The quantitative estimate of drug-likeness (QED) is 0.166. The molecule has 2 amide bonds. The van der Waals surface area contributed by atoms with E-state index in [1.54, 1.807) is 36.4 Å². The Labute approximate surface area is 198 Å². The van der Waals surface area contributed by atoms with Crippen molar-refractivity contribution in [2.45, 2.75) is 0 Å². The number of nitro benzene ring substituents is 1. The van der Waals surface area contributed by atoms with Crippen molar-refractivity contribution in [2.75, 3.05) is 6.54 Å². The molecule has 0 aromatic heterocycles. The molecule has 172 valence electrons. The molecule has 3 aromatic carbocycles. The van der Waals surface area contributed by atoms with Crippen molar-refractivity contribution < 1.29 is 24.0 Å². The van der Waals surface area contributed by atoms with E-state index in [-0.39, 0.29) is 23.5 Å². The lowest BCUT2D eigenvalue weighted by molar-refractivity contribution is -0.384. The lowest BCUT2D eigenvalue weighted by atomic mass is 10.2. The number of hydrazone groups is 1. The van der Waals surface area contributed by atoms with Gasteiger partial charge in [0.2, 0.25) is 0 Å². The van der Waals surface area contributed by atoms with Crippen LogP contribution in [0.2, 0.25) is 5.02 Å². The highest BCUT2D eigenvalue weighted by atomic mass is 35.5. The summed E-state index contributed by atoms with van der Waals surface area (Å²) in [4.78, 5) is 46.1. The molecule has 0 fully saturated rings. The third-order valence-electron chi connectivity index (χ3n) is 4.32. The standard InChI is InChI=1S/C23H17ClN4O6/c24-18-7-3-16(4-8-18)22(30)25-14-21(29)27-26-13-15-1-11-20(12-2-15)34-23(31)17-5-9-19(10-6-17)28(32)33/h1-13H,14H2,(H,25,30)(H,27,29)/b26-13+. The van der Waals surface area contributed by atoms with E-state index in [1.165, 1.54) is 42.6 Å². The van der Waals surface area contributed by atoms with Crippen molar-refractivity contribution >= 4 is 41.3 Å². The summed E-state index contributed by atoms with van der Waals surface area (Å²) in [5.74, 6) is -1.35. The van der Waals surface area contributed by atoms with E-state index in [9.17, 15) is 24.5 Å². The van der Waals surface area contributed by atoms with E-state index in [0.29, 0.717) is 16.1 Å². The monoisotopic (exact) mass is 480 g/mol. The molecule has 3 rings (SSSR count). The van der Waals surface area contributed by atoms with Crippen LogP contribution in [0, 0.1) is 10.1 Å². The van der Waals surface area contributed by atoms with Crippen LogP contribution in [0.3, 0.4) is 0 Å². The number of nitrogens with zero attached hydrogens (tertiary/aromatic N) is 2. The highest BCUT2D eigenvalue weighted by Gasteiger charge is 2.11. The second-order valence-electron chi connectivity index (χ2n) is 6.75. The Morgan fingerprint density at radius 2 is 1.56 bits per heavy atom. The van der Waals surface area contributed by atoms with Gasteiger partial charge in [0.15, 0.2) is 0 Å². The zero-order valence-electron chi connectivity index (χ0n) is 17.4. The lowest BCUT2D eigenvalue weighted by Gasteiger charge is -2.05. The minimum absolute atomic E-state index is 0.129. The maximum atomic E-state index is 12.1. The van der Waals surface area contributed by atoms with E-state index in [0.717, 1.165) is 0 Å².